The summed E-state index contributed by atoms with van der Waals surface area (Å²) in [5.41, 5.74) is 3.14. The molecule has 0 radical (unpaired) electrons. The van der Waals surface area contributed by atoms with Crippen LogP contribution in [0.1, 0.15) is 22.8 Å². The number of carbonyl (C=O) groups is 1. The van der Waals surface area contributed by atoms with Gasteiger partial charge >= 0.3 is 0 Å². The number of imidazole rings is 1. The summed E-state index contributed by atoms with van der Waals surface area (Å²) in [6.07, 6.45) is 5.39. The molecule has 2 aromatic heterocycles. The number of rotatable bonds is 7. The van der Waals surface area contributed by atoms with Crippen LogP contribution in [0.25, 0.3) is 5.65 Å². The molecule has 26 heavy (non-hydrogen) atoms. The third-order valence-corrected chi connectivity index (χ3v) is 4.65. The normalized spacial score (nSPS) is 10.9. The van der Waals surface area contributed by atoms with Gasteiger partial charge in [-0.25, -0.2) is 9.97 Å². The predicted molar refractivity (Wildman–Crippen MR) is 109 cm³/mol. The Hall–Kier alpha value is -2.20. The summed E-state index contributed by atoms with van der Waals surface area (Å²) in [6.45, 7) is 5.49. The maximum atomic E-state index is 12.3. The second-order valence-corrected chi connectivity index (χ2v) is 6.76. The minimum atomic E-state index is -0.100. The van der Waals surface area contributed by atoms with Gasteiger partial charge in [0.15, 0.2) is 11.5 Å². The monoisotopic (exact) mass is 465 g/mol. The molecule has 7 nitrogen and oxygen atoms in total. The van der Waals surface area contributed by atoms with Gasteiger partial charge in [-0.1, -0.05) is 0 Å². The molecule has 0 fully saturated rings. The summed E-state index contributed by atoms with van der Waals surface area (Å²) in [7, 11) is 0. The molecule has 0 bridgehead atoms. The van der Waals surface area contributed by atoms with Crippen molar-refractivity contribution in [3.63, 3.8) is 0 Å². The van der Waals surface area contributed by atoms with E-state index in [1.807, 2.05) is 42.6 Å². The molecular formula is C18H20IN5O2. The van der Waals surface area contributed by atoms with E-state index in [0.29, 0.717) is 31.1 Å². The topological polar surface area (TPSA) is 80.5 Å². The van der Waals surface area contributed by atoms with Crippen molar-refractivity contribution < 1.29 is 9.53 Å². The molecular weight excluding hydrogens is 445 g/mol. The van der Waals surface area contributed by atoms with Crippen LogP contribution in [0.3, 0.4) is 0 Å². The van der Waals surface area contributed by atoms with Crippen molar-refractivity contribution in [1.29, 1.82) is 0 Å². The van der Waals surface area contributed by atoms with Crippen molar-refractivity contribution in [2.24, 2.45) is 0 Å². The van der Waals surface area contributed by atoms with E-state index in [-0.39, 0.29) is 5.91 Å². The summed E-state index contributed by atoms with van der Waals surface area (Å²) < 4.78 is 8.21. The van der Waals surface area contributed by atoms with Gasteiger partial charge in [-0.2, -0.15) is 0 Å². The largest absolute Gasteiger partial charge is 0.380 e. The van der Waals surface area contributed by atoms with Gasteiger partial charge in [0.1, 0.15) is 3.70 Å². The van der Waals surface area contributed by atoms with Crippen LogP contribution >= 0.6 is 22.6 Å². The Morgan fingerprint density at radius 1 is 1.35 bits per heavy atom. The van der Waals surface area contributed by atoms with Gasteiger partial charge in [-0.05, 0) is 60.2 Å². The first-order chi connectivity index (χ1) is 12.6. The number of aromatic nitrogens is 3. The Balaban J connectivity index is 1.74. The van der Waals surface area contributed by atoms with Gasteiger partial charge in [0.2, 0.25) is 0 Å². The standard InChI is InChI=1S/C18H20IN5O2/c1-3-26-9-7-21-18(25)14-5-4-13(10-12(14)2)23-16-17-22-11-15(19)24(17)8-6-20-16/h4-6,8,10-11H,3,7,9H2,1-2H3,(H,20,23)(H,21,25). The molecule has 0 unspecified atom stereocenters. The van der Waals surface area contributed by atoms with Crippen molar-refractivity contribution in [3.8, 4) is 0 Å². The van der Waals surface area contributed by atoms with E-state index in [2.05, 4.69) is 43.2 Å². The zero-order chi connectivity index (χ0) is 18.5. The Labute approximate surface area is 165 Å². The molecule has 136 valence electrons. The van der Waals surface area contributed by atoms with E-state index in [0.717, 1.165) is 20.6 Å². The van der Waals surface area contributed by atoms with Gasteiger partial charge in [-0.15, -0.1) is 0 Å². The molecule has 0 spiro atoms. The Morgan fingerprint density at radius 3 is 2.96 bits per heavy atom. The number of hydrogen-bond donors (Lipinski definition) is 2. The molecule has 0 aliphatic rings. The van der Waals surface area contributed by atoms with E-state index in [4.69, 9.17) is 4.74 Å². The molecule has 0 aliphatic heterocycles. The van der Waals surface area contributed by atoms with Crippen LogP contribution in [0.2, 0.25) is 0 Å². The molecule has 3 aromatic rings. The Bertz CT molecular complexity index is 925. The van der Waals surface area contributed by atoms with Crippen molar-refractivity contribution in [3.05, 3.63) is 51.6 Å². The number of halogens is 1. The first kappa shape index (κ1) is 18.6. The van der Waals surface area contributed by atoms with Crippen LogP contribution in [0.5, 0.6) is 0 Å². The van der Waals surface area contributed by atoms with E-state index >= 15 is 0 Å². The molecule has 2 N–H and O–H groups in total. The minimum absolute atomic E-state index is 0.100. The Morgan fingerprint density at radius 2 is 2.19 bits per heavy atom. The molecule has 3 rings (SSSR count). The molecule has 0 saturated carbocycles. The van der Waals surface area contributed by atoms with Crippen LogP contribution in [0.15, 0.2) is 36.8 Å². The lowest BCUT2D eigenvalue weighted by atomic mass is 10.1. The smallest absolute Gasteiger partial charge is 0.251 e. The van der Waals surface area contributed by atoms with Crippen molar-refractivity contribution in [2.45, 2.75) is 13.8 Å². The highest BCUT2D eigenvalue weighted by molar-refractivity contribution is 14.1. The van der Waals surface area contributed by atoms with Gasteiger partial charge in [0.25, 0.3) is 5.91 Å². The lowest BCUT2D eigenvalue weighted by molar-refractivity contribution is 0.0922. The highest BCUT2D eigenvalue weighted by atomic mass is 127. The number of carbonyl (C=O) groups excluding carboxylic acids is 1. The third-order valence-electron chi connectivity index (χ3n) is 3.85. The first-order valence-electron chi connectivity index (χ1n) is 8.31. The van der Waals surface area contributed by atoms with Gasteiger partial charge < -0.3 is 15.4 Å². The average Bonchev–Trinajstić information content (AvgIpc) is 3.01. The highest BCUT2D eigenvalue weighted by Gasteiger charge is 2.11. The van der Waals surface area contributed by atoms with Crippen LogP contribution in [0.4, 0.5) is 11.5 Å². The second kappa shape index (κ2) is 8.45. The number of hydrogen-bond acceptors (Lipinski definition) is 5. The SMILES string of the molecule is CCOCCNC(=O)c1ccc(Nc2nccn3c(I)cnc23)cc1C. The van der Waals surface area contributed by atoms with E-state index in [9.17, 15) is 4.79 Å². The van der Waals surface area contributed by atoms with Crippen LogP contribution in [-0.2, 0) is 4.74 Å². The van der Waals surface area contributed by atoms with E-state index in [1.165, 1.54) is 0 Å². The summed E-state index contributed by atoms with van der Waals surface area (Å²) in [5, 5.41) is 6.14. The third kappa shape index (κ3) is 4.13. The van der Waals surface area contributed by atoms with Crippen LogP contribution in [0, 0.1) is 10.6 Å². The quantitative estimate of drug-likeness (QED) is 0.414. The van der Waals surface area contributed by atoms with E-state index in [1.54, 1.807) is 12.4 Å². The lowest BCUT2D eigenvalue weighted by Crippen LogP contribution is -2.27. The molecule has 0 saturated heterocycles. The number of benzene rings is 1. The summed E-state index contributed by atoms with van der Waals surface area (Å²) in [5.74, 6) is 0.570. The fraction of sp³-hybridized carbons (Fsp3) is 0.278. The number of ether oxygens (including phenoxy) is 1. The van der Waals surface area contributed by atoms with Crippen LogP contribution in [-0.4, -0.2) is 40.0 Å². The average molecular weight is 465 g/mol. The maximum Gasteiger partial charge on any atom is 0.251 e. The molecule has 0 aliphatic carbocycles. The number of aryl methyl sites for hydroxylation is 1. The van der Waals surface area contributed by atoms with Crippen molar-refractivity contribution in [2.75, 3.05) is 25.1 Å². The van der Waals surface area contributed by atoms with Crippen molar-refractivity contribution >= 4 is 45.7 Å². The highest BCUT2D eigenvalue weighted by Crippen LogP contribution is 2.22. The van der Waals surface area contributed by atoms with E-state index < -0.39 is 0 Å². The zero-order valence-electron chi connectivity index (χ0n) is 14.6. The zero-order valence-corrected chi connectivity index (χ0v) is 16.8. The lowest BCUT2D eigenvalue weighted by Gasteiger charge is -2.11. The number of nitrogens with one attached hydrogen (secondary N) is 2. The number of amides is 1. The Kier molecular flexibility index (Phi) is 6.04. The molecule has 0 atom stereocenters. The summed E-state index contributed by atoms with van der Waals surface area (Å²) in [4.78, 5) is 21.0. The van der Waals surface area contributed by atoms with Gasteiger partial charge in [0.05, 0.1) is 12.8 Å². The van der Waals surface area contributed by atoms with Gasteiger partial charge in [0, 0.05) is 36.8 Å². The predicted octanol–water partition coefficient (Wildman–Crippen LogP) is 3.15. The fourth-order valence-corrected chi connectivity index (χ4v) is 3.12. The molecule has 1 aromatic carbocycles. The molecule has 8 heteroatoms. The van der Waals surface area contributed by atoms with Gasteiger partial charge in [-0.3, -0.25) is 9.20 Å². The number of anilines is 2. The summed E-state index contributed by atoms with van der Waals surface area (Å²) in [6, 6.07) is 5.60. The number of fused-ring (bicyclic) bond motifs is 1. The first-order valence-corrected chi connectivity index (χ1v) is 9.39. The molecule has 1 amide bonds. The molecule has 2 heterocycles. The number of nitrogens with zero attached hydrogens (tertiary/aromatic N) is 3. The fourth-order valence-electron chi connectivity index (χ4n) is 2.59. The second-order valence-electron chi connectivity index (χ2n) is 5.66. The van der Waals surface area contributed by atoms with Crippen LogP contribution < -0.4 is 10.6 Å². The maximum absolute atomic E-state index is 12.3. The minimum Gasteiger partial charge on any atom is -0.380 e. The summed E-state index contributed by atoms with van der Waals surface area (Å²) >= 11 is 2.23. The van der Waals surface area contributed by atoms with Crippen molar-refractivity contribution in [1.82, 2.24) is 19.7 Å².